The maximum Gasteiger partial charge on any atom is 0.110 e. The molecular weight excluding hydrogens is 462 g/mol. The summed E-state index contributed by atoms with van der Waals surface area (Å²) in [5, 5.41) is 36.8. The minimum atomic E-state index is -1.01. The largest absolute Gasteiger partial charge is 0.512 e. The number of hydrogen-bond donors (Lipinski definition) is 4. The smallest absolute Gasteiger partial charge is 0.110 e. The highest BCUT2D eigenvalue weighted by Gasteiger charge is 2.88. The Kier molecular flexibility index (Phi) is 5.13. The number of fused-ring (bicyclic) bond motifs is 4. The van der Waals surface area contributed by atoms with Gasteiger partial charge in [0, 0.05) is 24.8 Å². The van der Waals surface area contributed by atoms with Crippen LogP contribution < -0.4 is 5.32 Å². The predicted molar refractivity (Wildman–Crippen MR) is 144 cm³/mol. The summed E-state index contributed by atoms with van der Waals surface area (Å²) in [4.78, 5) is 0. The topological polar surface area (TPSA) is 82.0 Å². The van der Waals surface area contributed by atoms with Gasteiger partial charge in [-0.1, -0.05) is 26.0 Å². The number of ether oxygens (including phenoxy) is 1. The first-order valence-electron chi connectivity index (χ1n) is 14.8. The Labute approximate surface area is 221 Å². The Morgan fingerprint density at radius 2 is 1.97 bits per heavy atom. The third-order valence-corrected chi connectivity index (χ3v) is 13.2. The van der Waals surface area contributed by atoms with Crippen molar-refractivity contribution in [1.29, 1.82) is 0 Å². The zero-order valence-corrected chi connectivity index (χ0v) is 22.9. The number of nitrogens with one attached hydrogen (secondary N) is 1. The minimum Gasteiger partial charge on any atom is -0.512 e. The van der Waals surface area contributed by atoms with Gasteiger partial charge in [-0.3, -0.25) is 0 Å². The molecule has 6 bridgehead atoms. The molecule has 0 aliphatic heterocycles. The van der Waals surface area contributed by atoms with Crippen molar-refractivity contribution < 1.29 is 20.1 Å². The summed E-state index contributed by atoms with van der Waals surface area (Å²) < 4.78 is 5.87. The van der Waals surface area contributed by atoms with E-state index < -0.39 is 11.7 Å². The number of rotatable bonds is 6. The molecule has 0 unspecified atom stereocenters. The predicted octanol–water partition coefficient (Wildman–Crippen LogP) is 5.33. The van der Waals surface area contributed by atoms with E-state index in [4.69, 9.17) is 4.74 Å². The fourth-order valence-corrected chi connectivity index (χ4v) is 12.1. The molecule has 0 amide bonds. The average Bonchev–Trinajstić information content (AvgIpc) is 3.47. The van der Waals surface area contributed by atoms with E-state index >= 15 is 0 Å². The van der Waals surface area contributed by atoms with E-state index in [2.05, 4.69) is 43.4 Å². The molecule has 202 valence electrons. The molecule has 6 aliphatic rings. The van der Waals surface area contributed by atoms with Crippen LogP contribution >= 0.6 is 0 Å². The molecule has 4 N–H and O–H groups in total. The second-order valence-electron chi connectivity index (χ2n) is 14.3. The molecule has 1 aromatic carbocycles. The number of benzene rings is 1. The summed E-state index contributed by atoms with van der Waals surface area (Å²) in [5.74, 6) is 3.22. The number of hydrogen-bond acceptors (Lipinski definition) is 5. The SMILES string of the molecule is CO[C@H]1C=C(O)[C@H]2[C@@H]3[C@@H]4C[C@](C)([C@@]12O)[C@@]3(C)[C@]12C[C@H](Cc3cccc(NC[C@H](C)O)c3)C[C@H]1CC[C@H]4C2. The van der Waals surface area contributed by atoms with E-state index in [0.717, 1.165) is 24.4 Å². The minimum absolute atomic E-state index is 0.000107. The molecule has 5 heteroatoms. The van der Waals surface area contributed by atoms with E-state index in [9.17, 15) is 15.3 Å². The van der Waals surface area contributed by atoms with E-state index in [1.54, 1.807) is 7.11 Å². The van der Waals surface area contributed by atoms with Crippen LogP contribution in [0.3, 0.4) is 0 Å². The molecule has 5 fully saturated rings. The van der Waals surface area contributed by atoms with Crippen molar-refractivity contribution in [1.82, 2.24) is 0 Å². The average molecular weight is 508 g/mol. The van der Waals surface area contributed by atoms with Crippen LogP contribution in [0.1, 0.15) is 64.9 Å². The molecule has 7 rings (SSSR count). The molecule has 1 aromatic rings. The third kappa shape index (κ3) is 2.77. The van der Waals surface area contributed by atoms with Crippen molar-refractivity contribution in [2.45, 2.75) is 83.5 Å². The van der Waals surface area contributed by atoms with Gasteiger partial charge in [-0.05, 0) is 116 Å². The van der Waals surface area contributed by atoms with Gasteiger partial charge in [-0.2, -0.15) is 0 Å². The summed E-state index contributed by atoms with van der Waals surface area (Å²) in [6, 6.07) is 8.75. The van der Waals surface area contributed by atoms with Crippen molar-refractivity contribution in [3.8, 4) is 0 Å². The van der Waals surface area contributed by atoms with Crippen molar-refractivity contribution in [3.05, 3.63) is 41.7 Å². The first-order valence-corrected chi connectivity index (χ1v) is 14.8. The van der Waals surface area contributed by atoms with E-state index in [-0.39, 0.29) is 28.3 Å². The van der Waals surface area contributed by atoms with Gasteiger partial charge in [0.2, 0.25) is 0 Å². The fraction of sp³-hybridized carbons (Fsp3) is 0.750. The normalized spacial score (nSPS) is 51.5. The molecule has 0 aromatic heterocycles. The molecule has 37 heavy (non-hydrogen) atoms. The van der Waals surface area contributed by atoms with E-state index in [0.29, 0.717) is 36.0 Å². The van der Waals surface area contributed by atoms with Crippen molar-refractivity contribution in [2.75, 3.05) is 19.0 Å². The fourth-order valence-electron chi connectivity index (χ4n) is 12.1. The monoisotopic (exact) mass is 507 g/mol. The highest BCUT2D eigenvalue weighted by atomic mass is 16.5. The van der Waals surface area contributed by atoms with Gasteiger partial charge >= 0.3 is 0 Å². The standard InChI is InChI=1S/C32H45NO4/c1-18(34)17-33-23-7-5-6-19(12-23)10-20-11-22-9-8-21-15-31(22,14-20)30(3)27-24(21)16-29(30,2)32(36)26(37-4)13-25(35)28(27)32/h5-7,12-13,18,20-22,24,26-28,33-36H,8-11,14-17H2,1-4H3/t18-,20+,21-,22+,24+,26-,27-,28-,29-,30-,31-,32+/m0/s1. The lowest BCUT2D eigenvalue weighted by Crippen LogP contribution is -2.60. The van der Waals surface area contributed by atoms with Crippen LogP contribution in [0.25, 0.3) is 0 Å². The highest BCUT2D eigenvalue weighted by molar-refractivity contribution is 5.46. The third-order valence-electron chi connectivity index (χ3n) is 13.2. The van der Waals surface area contributed by atoms with Crippen molar-refractivity contribution >= 4 is 5.69 Å². The lowest BCUT2D eigenvalue weighted by molar-refractivity contribution is -0.187. The first kappa shape index (κ1) is 24.5. The summed E-state index contributed by atoms with van der Waals surface area (Å²) >= 11 is 0. The second-order valence-corrected chi connectivity index (χ2v) is 14.3. The molecule has 5 nitrogen and oxygen atoms in total. The van der Waals surface area contributed by atoms with Crippen LogP contribution in [0, 0.1) is 51.8 Å². The van der Waals surface area contributed by atoms with Gasteiger partial charge in [0.15, 0.2) is 0 Å². The highest BCUT2D eigenvalue weighted by Crippen LogP contribution is 2.88. The number of aliphatic hydroxyl groups is 3. The lowest BCUT2D eigenvalue weighted by atomic mass is 9.42. The maximum absolute atomic E-state index is 12.5. The Bertz CT molecular complexity index is 1130. The Balaban J connectivity index is 1.23. The van der Waals surface area contributed by atoms with Crippen LogP contribution in [-0.4, -0.2) is 46.8 Å². The quantitative estimate of drug-likeness (QED) is 0.419. The van der Waals surface area contributed by atoms with Gasteiger partial charge in [0.05, 0.1) is 17.8 Å². The zero-order chi connectivity index (χ0) is 26.0. The van der Waals surface area contributed by atoms with Gasteiger partial charge in [0.1, 0.15) is 11.7 Å². The Morgan fingerprint density at radius 1 is 1.16 bits per heavy atom. The second kappa shape index (κ2) is 7.76. The summed E-state index contributed by atoms with van der Waals surface area (Å²) in [5.41, 5.74) is 1.42. The van der Waals surface area contributed by atoms with E-state index in [1.807, 2.05) is 13.0 Å². The number of methoxy groups -OCH3 is 1. The molecule has 5 saturated carbocycles. The summed E-state index contributed by atoms with van der Waals surface area (Å²) in [6.45, 7) is 7.28. The number of anilines is 1. The van der Waals surface area contributed by atoms with Crippen molar-refractivity contribution in [2.24, 2.45) is 51.8 Å². The lowest BCUT2D eigenvalue weighted by Gasteiger charge is -2.62. The molecular formula is C32H45NO4. The van der Waals surface area contributed by atoms with Crippen molar-refractivity contribution in [3.63, 3.8) is 0 Å². The summed E-state index contributed by atoms with van der Waals surface area (Å²) in [6.07, 6.45) is 9.65. The van der Waals surface area contributed by atoms with Gasteiger partial charge < -0.3 is 25.4 Å². The molecule has 0 radical (unpaired) electrons. The van der Waals surface area contributed by atoms with E-state index in [1.165, 1.54) is 37.7 Å². The number of aliphatic hydroxyl groups excluding tert-OH is 2. The van der Waals surface area contributed by atoms with Gasteiger partial charge in [-0.15, -0.1) is 0 Å². The molecule has 12 atom stereocenters. The molecule has 6 aliphatic carbocycles. The van der Waals surface area contributed by atoms with Crippen LogP contribution in [-0.2, 0) is 11.2 Å². The molecule has 0 saturated heterocycles. The van der Waals surface area contributed by atoms with Gasteiger partial charge in [-0.25, -0.2) is 0 Å². The molecule has 0 heterocycles. The van der Waals surface area contributed by atoms with Crippen LogP contribution in [0.5, 0.6) is 0 Å². The Morgan fingerprint density at radius 3 is 2.73 bits per heavy atom. The maximum atomic E-state index is 12.5. The summed E-state index contributed by atoms with van der Waals surface area (Å²) in [7, 11) is 1.69. The van der Waals surface area contributed by atoms with Crippen LogP contribution in [0.2, 0.25) is 0 Å². The van der Waals surface area contributed by atoms with Gasteiger partial charge in [0.25, 0.3) is 0 Å². The first-order chi connectivity index (χ1) is 17.6. The molecule has 1 spiro atoms. The van der Waals surface area contributed by atoms with Crippen LogP contribution in [0.4, 0.5) is 5.69 Å². The van der Waals surface area contributed by atoms with Crippen LogP contribution in [0.15, 0.2) is 36.1 Å². The Hall–Kier alpha value is -1.56. The zero-order valence-electron chi connectivity index (χ0n) is 22.9.